The maximum atomic E-state index is 14.1. The summed E-state index contributed by atoms with van der Waals surface area (Å²) >= 11 is 7.44. The molecular formula is C32H26ClN3O5S. The Hall–Kier alpha value is -4.65. The van der Waals surface area contributed by atoms with E-state index in [2.05, 4.69) is 0 Å². The molecule has 8 nitrogen and oxygen atoms in total. The Morgan fingerprint density at radius 3 is 2.52 bits per heavy atom. The van der Waals surface area contributed by atoms with E-state index in [9.17, 15) is 9.59 Å². The lowest BCUT2D eigenvalue weighted by atomic mass is 9.93. The number of rotatable bonds is 9. The molecule has 0 spiro atoms. The van der Waals surface area contributed by atoms with Crippen LogP contribution in [0.1, 0.15) is 36.6 Å². The number of fused-ring (bicyclic) bond motifs is 1. The summed E-state index contributed by atoms with van der Waals surface area (Å²) in [5, 5.41) is 9.45. The molecule has 0 amide bonds. The highest BCUT2D eigenvalue weighted by molar-refractivity contribution is 7.07. The maximum absolute atomic E-state index is 14.1. The molecule has 0 radical (unpaired) electrons. The second-order valence-corrected chi connectivity index (χ2v) is 10.5. The second kappa shape index (κ2) is 12.9. The van der Waals surface area contributed by atoms with Gasteiger partial charge in [-0.1, -0.05) is 65.4 Å². The average Bonchev–Trinajstić information content (AvgIpc) is 3.31. The molecule has 1 atom stereocenters. The average molecular weight is 600 g/mol. The fraction of sp³-hybridized carbons (Fsp3) is 0.188. The highest BCUT2D eigenvalue weighted by Crippen LogP contribution is 2.35. The molecule has 1 aliphatic heterocycles. The van der Waals surface area contributed by atoms with Gasteiger partial charge in [0.05, 0.1) is 35.1 Å². The van der Waals surface area contributed by atoms with E-state index in [0.29, 0.717) is 49.3 Å². The summed E-state index contributed by atoms with van der Waals surface area (Å²) in [7, 11) is 0. The topological polar surface area (TPSA) is 103 Å². The number of thiazole rings is 1. The van der Waals surface area contributed by atoms with Gasteiger partial charge in [0.25, 0.3) is 5.56 Å². The predicted octanol–water partition coefficient (Wildman–Crippen LogP) is 4.89. The number of carbonyl (C=O) groups is 1. The molecule has 4 aromatic rings. The molecule has 212 valence electrons. The molecule has 0 saturated heterocycles. The third kappa shape index (κ3) is 5.86. The van der Waals surface area contributed by atoms with Gasteiger partial charge in [-0.05, 0) is 55.8 Å². The summed E-state index contributed by atoms with van der Waals surface area (Å²) in [5.41, 5.74) is 2.29. The molecule has 0 saturated carbocycles. The van der Waals surface area contributed by atoms with Crippen molar-refractivity contribution in [3.05, 3.63) is 120 Å². The van der Waals surface area contributed by atoms with Crippen LogP contribution in [0.2, 0.25) is 5.02 Å². The van der Waals surface area contributed by atoms with Crippen LogP contribution in [0, 0.1) is 11.3 Å². The third-order valence-corrected chi connectivity index (χ3v) is 7.65. The van der Waals surface area contributed by atoms with E-state index in [1.807, 2.05) is 67.6 Å². The molecule has 3 aromatic carbocycles. The fourth-order valence-corrected chi connectivity index (χ4v) is 5.86. The van der Waals surface area contributed by atoms with Gasteiger partial charge in [0.15, 0.2) is 11.4 Å². The molecule has 0 unspecified atom stereocenters. The number of halogens is 1. The van der Waals surface area contributed by atoms with Crippen molar-refractivity contribution in [1.29, 1.82) is 5.26 Å². The van der Waals surface area contributed by atoms with Crippen LogP contribution in [0.5, 0.6) is 11.5 Å². The monoisotopic (exact) mass is 599 g/mol. The number of ether oxygens (including phenoxy) is 3. The Morgan fingerprint density at radius 1 is 1.07 bits per heavy atom. The molecule has 0 bridgehead atoms. The van der Waals surface area contributed by atoms with Gasteiger partial charge >= 0.3 is 5.97 Å². The van der Waals surface area contributed by atoms with Gasteiger partial charge in [-0.3, -0.25) is 9.36 Å². The molecular weight excluding hydrogens is 574 g/mol. The smallest absolute Gasteiger partial charge is 0.338 e. The number of nitriles is 1. The van der Waals surface area contributed by atoms with Crippen LogP contribution in [0.15, 0.2) is 88.2 Å². The largest absolute Gasteiger partial charge is 0.494 e. The van der Waals surface area contributed by atoms with Gasteiger partial charge in [0.1, 0.15) is 17.6 Å². The first-order valence-electron chi connectivity index (χ1n) is 13.3. The third-order valence-electron chi connectivity index (χ3n) is 6.43. The molecule has 0 fully saturated rings. The SMILES string of the molecule is CCOC(=O)C1=C(c2ccccc2)N=c2s/c(=C\c3cc(Cl)ccc3OCC#N)c(=O)n2[C@@H]1c1ccc(OCC)cc1. The Bertz CT molecular complexity index is 1870. The number of hydrogen-bond acceptors (Lipinski definition) is 8. The molecule has 1 aliphatic rings. The normalized spacial score (nSPS) is 14.5. The minimum absolute atomic E-state index is 0.158. The standard InChI is InChI=1S/C32H26ClN3O5S/c1-3-39-24-13-10-21(11-14-24)29-27(31(38)40-4-2)28(20-8-6-5-7-9-20)35-32-36(29)30(37)26(42-32)19-22-18-23(33)12-15-25(22)41-17-16-34/h5-15,18-19,29H,3-4,17H2,1-2H3/b26-19-/t29-/m1/s1. The molecule has 1 aromatic heterocycles. The lowest BCUT2D eigenvalue weighted by molar-refractivity contribution is -0.138. The molecule has 2 heterocycles. The van der Waals surface area contributed by atoms with E-state index in [4.69, 9.17) is 36.1 Å². The van der Waals surface area contributed by atoms with Crippen molar-refractivity contribution in [3.8, 4) is 17.6 Å². The minimum Gasteiger partial charge on any atom is -0.494 e. The summed E-state index contributed by atoms with van der Waals surface area (Å²) in [6.07, 6.45) is 1.66. The molecule has 0 aliphatic carbocycles. The van der Waals surface area contributed by atoms with E-state index in [1.54, 1.807) is 31.2 Å². The van der Waals surface area contributed by atoms with Gasteiger partial charge in [-0.25, -0.2) is 9.79 Å². The van der Waals surface area contributed by atoms with Gasteiger partial charge < -0.3 is 14.2 Å². The first-order valence-corrected chi connectivity index (χ1v) is 14.4. The van der Waals surface area contributed by atoms with Crippen molar-refractivity contribution in [2.75, 3.05) is 19.8 Å². The maximum Gasteiger partial charge on any atom is 0.338 e. The Balaban J connectivity index is 1.79. The second-order valence-electron chi connectivity index (χ2n) is 9.06. The molecule has 10 heteroatoms. The summed E-state index contributed by atoms with van der Waals surface area (Å²) in [5.74, 6) is 0.520. The van der Waals surface area contributed by atoms with Crippen LogP contribution < -0.4 is 24.4 Å². The van der Waals surface area contributed by atoms with Crippen molar-refractivity contribution in [2.45, 2.75) is 19.9 Å². The van der Waals surface area contributed by atoms with Gasteiger partial charge in [-0.15, -0.1) is 0 Å². The Kier molecular flexibility index (Phi) is 8.86. The van der Waals surface area contributed by atoms with E-state index in [1.165, 1.54) is 15.9 Å². The highest BCUT2D eigenvalue weighted by atomic mass is 35.5. The van der Waals surface area contributed by atoms with Crippen molar-refractivity contribution >= 4 is 40.7 Å². The van der Waals surface area contributed by atoms with E-state index < -0.39 is 12.0 Å². The zero-order chi connectivity index (χ0) is 29.6. The number of benzene rings is 3. The van der Waals surface area contributed by atoms with Gasteiger partial charge in [0.2, 0.25) is 0 Å². The van der Waals surface area contributed by atoms with E-state index >= 15 is 0 Å². The quantitative estimate of drug-likeness (QED) is 0.254. The lowest BCUT2D eigenvalue weighted by Crippen LogP contribution is -2.40. The van der Waals surface area contributed by atoms with Crippen LogP contribution in [0.3, 0.4) is 0 Å². The minimum atomic E-state index is -0.818. The van der Waals surface area contributed by atoms with Crippen LogP contribution in [0.4, 0.5) is 0 Å². The number of hydrogen-bond donors (Lipinski definition) is 0. The number of aromatic nitrogens is 1. The summed E-state index contributed by atoms with van der Waals surface area (Å²) in [4.78, 5) is 33.0. The van der Waals surface area contributed by atoms with Gasteiger partial charge in [-0.2, -0.15) is 5.26 Å². The van der Waals surface area contributed by atoms with E-state index in [-0.39, 0.29) is 24.3 Å². The number of carbonyl (C=O) groups excluding carboxylic acids is 1. The Morgan fingerprint density at radius 2 is 1.83 bits per heavy atom. The first kappa shape index (κ1) is 28.9. The fourth-order valence-electron chi connectivity index (χ4n) is 4.68. The van der Waals surface area contributed by atoms with Crippen molar-refractivity contribution in [1.82, 2.24) is 4.57 Å². The summed E-state index contributed by atoms with van der Waals surface area (Å²) in [6.45, 7) is 4.13. The molecule has 0 N–H and O–H groups in total. The van der Waals surface area contributed by atoms with Crippen molar-refractivity contribution in [3.63, 3.8) is 0 Å². The Labute approximate surface area is 251 Å². The molecule has 42 heavy (non-hydrogen) atoms. The number of nitrogens with zero attached hydrogens (tertiary/aromatic N) is 3. The van der Waals surface area contributed by atoms with Crippen LogP contribution in [-0.4, -0.2) is 30.4 Å². The predicted molar refractivity (Wildman–Crippen MR) is 161 cm³/mol. The van der Waals surface area contributed by atoms with Crippen LogP contribution >= 0.6 is 22.9 Å². The zero-order valence-corrected chi connectivity index (χ0v) is 24.4. The number of esters is 1. The molecule has 5 rings (SSSR count). The van der Waals surface area contributed by atoms with Crippen LogP contribution in [0.25, 0.3) is 11.8 Å². The lowest BCUT2D eigenvalue weighted by Gasteiger charge is -2.26. The van der Waals surface area contributed by atoms with Crippen molar-refractivity contribution < 1.29 is 19.0 Å². The van der Waals surface area contributed by atoms with Crippen LogP contribution in [-0.2, 0) is 9.53 Å². The first-order chi connectivity index (χ1) is 20.4. The summed E-state index contributed by atoms with van der Waals surface area (Å²) < 4.78 is 18.6. The zero-order valence-electron chi connectivity index (χ0n) is 22.9. The highest BCUT2D eigenvalue weighted by Gasteiger charge is 2.35. The van der Waals surface area contributed by atoms with Gasteiger partial charge in [0, 0.05) is 16.1 Å². The van der Waals surface area contributed by atoms with Crippen molar-refractivity contribution in [2.24, 2.45) is 4.99 Å². The van der Waals surface area contributed by atoms with E-state index in [0.717, 1.165) is 5.56 Å². The summed E-state index contributed by atoms with van der Waals surface area (Å²) in [6, 6.07) is 22.7.